The Morgan fingerprint density at radius 3 is 1.47 bits per heavy atom. The molecule has 57 heavy (non-hydrogen) atoms. The maximum absolute atomic E-state index is 2.43. The van der Waals surface area contributed by atoms with Gasteiger partial charge in [0.15, 0.2) is 0 Å². The summed E-state index contributed by atoms with van der Waals surface area (Å²) in [7, 11) is 0. The minimum atomic E-state index is 1.09. The molecule has 0 saturated carbocycles. The van der Waals surface area contributed by atoms with E-state index < -0.39 is 0 Å². The standard InChI is InChI=1S/C56H39N/c1-3-13-40(14-4-1)42-25-27-43(28-26-42)44-31-34-51(35-32-44)57(52-22-11-21-50(38-52)54-24-12-20-45-18-9-10-23-53(45)54)56-39-49(33-36-55(56)46-16-5-2-6-17-46)48-30-29-41-15-7-8-19-47(41)37-48/h1-39H. The normalized spacial score (nSPS) is 11.2. The lowest BCUT2D eigenvalue weighted by molar-refractivity contribution is 1.28. The lowest BCUT2D eigenvalue weighted by Gasteiger charge is -2.29. The van der Waals surface area contributed by atoms with Gasteiger partial charge in [0.2, 0.25) is 0 Å². The summed E-state index contributed by atoms with van der Waals surface area (Å²) in [6, 6.07) is 85.8. The van der Waals surface area contributed by atoms with E-state index in [-0.39, 0.29) is 0 Å². The van der Waals surface area contributed by atoms with Crippen molar-refractivity contribution in [2.45, 2.75) is 0 Å². The highest BCUT2D eigenvalue weighted by Crippen LogP contribution is 2.45. The van der Waals surface area contributed by atoms with Crippen LogP contribution in [0.2, 0.25) is 0 Å². The molecule has 0 heterocycles. The molecule has 10 rings (SSSR count). The van der Waals surface area contributed by atoms with Crippen LogP contribution < -0.4 is 4.90 Å². The van der Waals surface area contributed by atoms with Gasteiger partial charge >= 0.3 is 0 Å². The minimum Gasteiger partial charge on any atom is -0.310 e. The fraction of sp³-hybridized carbons (Fsp3) is 0. The van der Waals surface area contributed by atoms with E-state index in [1.54, 1.807) is 0 Å². The summed E-state index contributed by atoms with van der Waals surface area (Å²) in [5, 5.41) is 4.95. The molecule has 0 aromatic heterocycles. The monoisotopic (exact) mass is 725 g/mol. The SMILES string of the molecule is c1ccc(-c2ccc(-c3ccc(N(c4cccc(-c5cccc6ccccc56)c4)c4cc(-c5ccc6ccccc6c5)ccc4-c4ccccc4)cc3)cc2)cc1. The van der Waals surface area contributed by atoms with Gasteiger partial charge in [0.05, 0.1) is 5.69 Å². The zero-order chi connectivity index (χ0) is 38.0. The molecule has 1 heteroatoms. The molecule has 0 amide bonds. The van der Waals surface area contributed by atoms with Gasteiger partial charge in [0.25, 0.3) is 0 Å². The van der Waals surface area contributed by atoms with Crippen LogP contribution in [-0.2, 0) is 0 Å². The van der Waals surface area contributed by atoms with E-state index in [4.69, 9.17) is 0 Å². The van der Waals surface area contributed by atoms with E-state index in [0.29, 0.717) is 0 Å². The number of nitrogens with zero attached hydrogens (tertiary/aromatic N) is 1. The third-order valence-electron chi connectivity index (χ3n) is 11.1. The van der Waals surface area contributed by atoms with Crippen LogP contribution in [-0.4, -0.2) is 0 Å². The summed E-state index contributed by atoms with van der Waals surface area (Å²) < 4.78 is 0. The Bertz CT molecular complexity index is 2980. The largest absolute Gasteiger partial charge is 0.310 e. The van der Waals surface area contributed by atoms with Gasteiger partial charge in [-0.25, -0.2) is 0 Å². The molecule has 0 saturated heterocycles. The zero-order valence-corrected chi connectivity index (χ0v) is 31.5. The smallest absolute Gasteiger partial charge is 0.0546 e. The first-order valence-corrected chi connectivity index (χ1v) is 19.6. The Morgan fingerprint density at radius 2 is 0.737 bits per heavy atom. The van der Waals surface area contributed by atoms with Gasteiger partial charge in [-0.15, -0.1) is 0 Å². The van der Waals surface area contributed by atoms with Gasteiger partial charge in [-0.2, -0.15) is 0 Å². The summed E-state index contributed by atoms with van der Waals surface area (Å²) >= 11 is 0. The fourth-order valence-electron chi connectivity index (χ4n) is 8.13. The van der Waals surface area contributed by atoms with Gasteiger partial charge in [-0.05, 0) is 108 Å². The average molecular weight is 726 g/mol. The predicted molar refractivity (Wildman–Crippen MR) is 243 cm³/mol. The minimum absolute atomic E-state index is 1.09. The molecule has 0 atom stereocenters. The summed E-state index contributed by atoms with van der Waals surface area (Å²) in [5.74, 6) is 0. The lowest BCUT2D eigenvalue weighted by Crippen LogP contribution is -2.11. The molecule has 10 aromatic rings. The highest BCUT2D eigenvalue weighted by atomic mass is 15.1. The van der Waals surface area contributed by atoms with Crippen molar-refractivity contribution in [1.29, 1.82) is 0 Å². The number of hydrogen-bond donors (Lipinski definition) is 0. The number of hydrogen-bond acceptors (Lipinski definition) is 1. The van der Waals surface area contributed by atoms with Crippen LogP contribution >= 0.6 is 0 Å². The molecule has 0 unspecified atom stereocenters. The van der Waals surface area contributed by atoms with Crippen molar-refractivity contribution in [1.82, 2.24) is 0 Å². The van der Waals surface area contributed by atoms with Crippen molar-refractivity contribution in [2.24, 2.45) is 0 Å². The van der Waals surface area contributed by atoms with E-state index in [1.807, 2.05) is 0 Å². The first-order valence-electron chi connectivity index (χ1n) is 19.6. The molecule has 0 N–H and O–H groups in total. The maximum atomic E-state index is 2.43. The second-order valence-electron chi connectivity index (χ2n) is 14.6. The molecule has 0 fully saturated rings. The van der Waals surface area contributed by atoms with Crippen LogP contribution in [0.15, 0.2) is 237 Å². The van der Waals surface area contributed by atoms with Crippen molar-refractivity contribution in [2.75, 3.05) is 4.90 Å². The summed E-state index contributed by atoms with van der Waals surface area (Å²) in [5.41, 5.74) is 15.2. The van der Waals surface area contributed by atoms with Gasteiger partial charge in [0.1, 0.15) is 0 Å². The van der Waals surface area contributed by atoms with Crippen molar-refractivity contribution in [3.63, 3.8) is 0 Å². The van der Waals surface area contributed by atoms with Gasteiger partial charge in [0, 0.05) is 16.9 Å². The second kappa shape index (κ2) is 15.0. The zero-order valence-electron chi connectivity index (χ0n) is 31.5. The third-order valence-corrected chi connectivity index (χ3v) is 11.1. The second-order valence-corrected chi connectivity index (χ2v) is 14.6. The Balaban J connectivity index is 1.14. The molecule has 0 aliphatic heterocycles. The molecule has 0 spiro atoms. The highest BCUT2D eigenvalue weighted by molar-refractivity contribution is 5.98. The summed E-state index contributed by atoms with van der Waals surface area (Å²) in [6.07, 6.45) is 0. The maximum Gasteiger partial charge on any atom is 0.0546 e. The van der Waals surface area contributed by atoms with Crippen molar-refractivity contribution in [3.8, 4) is 55.6 Å². The number of fused-ring (bicyclic) bond motifs is 2. The first-order chi connectivity index (χ1) is 28.2. The Morgan fingerprint density at radius 1 is 0.228 bits per heavy atom. The Hall–Kier alpha value is -7.48. The predicted octanol–water partition coefficient (Wildman–Crippen LogP) is 15.8. The van der Waals surface area contributed by atoms with Gasteiger partial charge in [-0.1, -0.05) is 200 Å². The van der Waals surface area contributed by atoms with Crippen LogP contribution in [0.4, 0.5) is 17.1 Å². The summed E-state index contributed by atoms with van der Waals surface area (Å²) in [6.45, 7) is 0. The topological polar surface area (TPSA) is 3.24 Å². The van der Waals surface area contributed by atoms with Crippen LogP contribution in [0.1, 0.15) is 0 Å². The van der Waals surface area contributed by atoms with Crippen LogP contribution in [0.3, 0.4) is 0 Å². The van der Waals surface area contributed by atoms with Crippen molar-refractivity contribution in [3.05, 3.63) is 237 Å². The van der Waals surface area contributed by atoms with Gasteiger partial charge in [-0.3, -0.25) is 0 Å². The van der Waals surface area contributed by atoms with E-state index >= 15 is 0 Å². The molecule has 0 aliphatic rings. The Labute approximate surface area is 334 Å². The quantitative estimate of drug-likeness (QED) is 0.151. The molecular formula is C56H39N. The molecule has 0 aliphatic carbocycles. The van der Waals surface area contributed by atoms with E-state index in [2.05, 4.69) is 241 Å². The molecule has 1 nitrogen and oxygen atoms in total. The van der Waals surface area contributed by atoms with Crippen molar-refractivity contribution >= 4 is 38.6 Å². The number of rotatable bonds is 8. The number of benzene rings is 10. The van der Waals surface area contributed by atoms with Crippen molar-refractivity contribution < 1.29 is 0 Å². The fourth-order valence-corrected chi connectivity index (χ4v) is 8.13. The molecule has 0 radical (unpaired) electrons. The molecule has 0 bridgehead atoms. The average Bonchev–Trinajstić information content (AvgIpc) is 3.30. The first kappa shape index (κ1) is 34.0. The van der Waals surface area contributed by atoms with E-state index in [9.17, 15) is 0 Å². The van der Waals surface area contributed by atoms with Crippen LogP contribution in [0.25, 0.3) is 77.2 Å². The van der Waals surface area contributed by atoms with Crippen LogP contribution in [0, 0.1) is 0 Å². The van der Waals surface area contributed by atoms with E-state index in [0.717, 1.165) is 22.6 Å². The molecule has 268 valence electrons. The van der Waals surface area contributed by atoms with E-state index in [1.165, 1.54) is 71.6 Å². The third kappa shape index (κ3) is 6.77. The van der Waals surface area contributed by atoms with Gasteiger partial charge < -0.3 is 4.90 Å². The van der Waals surface area contributed by atoms with Crippen LogP contribution in [0.5, 0.6) is 0 Å². The Kier molecular flexibility index (Phi) is 8.95. The highest BCUT2D eigenvalue weighted by Gasteiger charge is 2.20. The lowest BCUT2D eigenvalue weighted by atomic mass is 9.94. The summed E-state index contributed by atoms with van der Waals surface area (Å²) in [4.78, 5) is 2.43. The molecule has 10 aromatic carbocycles. The molecular weight excluding hydrogens is 687 g/mol. The number of anilines is 3.